The van der Waals surface area contributed by atoms with Crippen LogP contribution in [0.25, 0.3) is 0 Å². The molecule has 0 aliphatic heterocycles. The van der Waals surface area contributed by atoms with Gasteiger partial charge in [0.25, 0.3) is 0 Å². The molecule has 0 aliphatic rings. The molecule has 104 valence electrons. The molecule has 20 heavy (non-hydrogen) atoms. The van der Waals surface area contributed by atoms with E-state index in [4.69, 9.17) is 0 Å². The molecular formula is C18H20O2. The minimum Gasteiger partial charge on any atom is -0.481 e. The van der Waals surface area contributed by atoms with E-state index in [0.29, 0.717) is 0 Å². The van der Waals surface area contributed by atoms with Gasteiger partial charge >= 0.3 is 5.97 Å². The van der Waals surface area contributed by atoms with E-state index in [0.717, 1.165) is 17.5 Å². The van der Waals surface area contributed by atoms with Crippen molar-refractivity contribution in [1.29, 1.82) is 0 Å². The second-order valence-electron chi connectivity index (χ2n) is 5.66. The normalized spacial score (nSPS) is 13.7. The highest BCUT2D eigenvalue weighted by Gasteiger charge is 2.29. The number of benzene rings is 2. The number of aryl methyl sites for hydroxylation is 1. The van der Waals surface area contributed by atoms with Crippen molar-refractivity contribution in [2.24, 2.45) is 0 Å². The molecule has 1 unspecified atom stereocenters. The van der Waals surface area contributed by atoms with E-state index in [1.165, 1.54) is 5.56 Å². The van der Waals surface area contributed by atoms with Crippen LogP contribution in [0.5, 0.6) is 0 Å². The predicted molar refractivity (Wildman–Crippen MR) is 80.9 cm³/mol. The molecule has 0 heterocycles. The number of rotatable bonds is 5. The lowest BCUT2D eigenvalue weighted by Crippen LogP contribution is -2.28. The third kappa shape index (κ3) is 3.47. The zero-order valence-electron chi connectivity index (χ0n) is 12.0. The largest absolute Gasteiger partial charge is 0.481 e. The molecule has 0 aromatic heterocycles. The third-order valence-electron chi connectivity index (χ3n) is 3.73. The van der Waals surface area contributed by atoms with Crippen molar-refractivity contribution in [2.45, 2.75) is 32.1 Å². The highest BCUT2D eigenvalue weighted by atomic mass is 16.4. The van der Waals surface area contributed by atoms with Gasteiger partial charge in [-0.2, -0.15) is 0 Å². The van der Waals surface area contributed by atoms with Gasteiger partial charge in [-0.3, -0.25) is 4.79 Å². The van der Waals surface area contributed by atoms with E-state index in [-0.39, 0.29) is 11.8 Å². The van der Waals surface area contributed by atoms with Gasteiger partial charge in [-0.1, -0.05) is 67.1 Å². The van der Waals surface area contributed by atoms with E-state index in [9.17, 15) is 9.90 Å². The average Bonchev–Trinajstić information content (AvgIpc) is 2.39. The second-order valence-corrected chi connectivity index (χ2v) is 5.66. The van der Waals surface area contributed by atoms with Crippen LogP contribution in [0.1, 0.15) is 30.0 Å². The molecule has 1 N–H and O–H groups in total. The summed E-state index contributed by atoms with van der Waals surface area (Å²) >= 11 is 0. The smallest absolute Gasteiger partial charge is 0.304 e. The molecule has 1 atom stereocenters. The third-order valence-corrected chi connectivity index (χ3v) is 3.73. The SMILES string of the molecule is Cc1ccc(C(C)(CC(=O)O)Cc2ccccc2)cc1. The highest BCUT2D eigenvalue weighted by Crippen LogP contribution is 2.32. The van der Waals surface area contributed by atoms with Gasteiger partial charge in [0.15, 0.2) is 0 Å². The Morgan fingerprint density at radius 3 is 2.20 bits per heavy atom. The standard InChI is InChI=1S/C18H20O2/c1-14-8-10-16(11-9-14)18(2,13-17(19)20)12-15-6-4-3-5-7-15/h3-11H,12-13H2,1-2H3,(H,19,20). The second kappa shape index (κ2) is 5.91. The van der Waals surface area contributed by atoms with Crippen molar-refractivity contribution in [1.82, 2.24) is 0 Å². The Morgan fingerprint density at radius 2 is 1.65 bits per heavy atom. The molecule has 2 aromatic carbocycles. The maximum Gasteiger partial charge on any atom is 0.304 e. The molecular weight excluding hydrogens is 248 g/mol. The van der Waals surface area contributed by atoms with Crippen molar-refractivity contribution in [3.05, 3.63) is 71.3 Å². The summed E-state index contributed by atoms with van der Waals surface area (Å²) in [5.74, 6) is -0.760. The van der Waals surface area contributed by atoms with Crippen LogP contribution in [0.15, 0.2) is 54.6 Å². The first-order valence-corrected chi connectivity index (χ1v) is 6.82. The molecule has 2 aromatic rings. The van der Waals surface area contributed by atoms with Gasteiger partial charge in [0, 0.05) is 5.41 Å². The van der Waals surface area contributed by atoms with Crippen LogP contribution in [-0.4, -0.2) is 11.1 Å². The fraction of sp³-hybridized carbons (Fsp3) is 0.278. The summed E-state index contributed by atoms with van der Waals surface area (Å²) in [6.45, 7) is 4.06. The molecule has 0 radical (unpaired) electrons. The van der Waals surface area contributed by atoms with Gasteiger partial charge in [-0.15, -0.1) is 0 Å². The Hall–Kier alpha value is -2.09. The number of carbonyl (C=O) groups is 1. The van der Waals surface area contributed by atoms with Crippen LogP contribution in [0.3, 0.4) is 0 Å². The molecule has 0 spiro atoms. The molecule has 2 nitrogen and oxygen atoms in total. The zero-order chi connectivity index (χ0) is 14.6. The van der Waals surface area contributed by atoms with Crippen molar-refractivity contribution >= 4 is 5.97 Å². The van der Waals surface area contributed by atoms with Gasteiger partial charge in [0.2, 0.25) is 0 Å². The molecule has 0 saturated carbocycles. The van der Waals surface area contributed by atoms with Crippen molar-refractivity contribution in [3.8, 4) is 0 Å². The molecule has 2 heteroatoms. The molecule has 0 amide bonds. The average molecular weight is 268 g/mol. The summed E-state index contributed by atoms with van der Waals surface area (Å²) in [5.41, 5.74) is 3.04. The summed E-state index contributed by atoms with van der Waals surface area (Å²) < 4.78 is 0. The van der Waals surface area contributed by atoms with Gasteiger partial charge in [0.05, 0.1) is 6.42 Å². The Kier molecular flexibility index (Phi) is 4.23. The summed E-state index contributed by atoms with van der Waals surface area (Å²) in [6, 6.07) is 18.2. The number of hydrogen-bond acceptors (Lipinski definition) is 1. The number of carboxylic acids is 1. The number of hydrogen-bond donors (Lipinski definition) is 1. The van der Waals surface area contributed by atoms with Gasteiger partial charge in [-0.05, 0) is 24.5 Å². The summed E-state index contributed by atoms with van der Waals surface area (Å²) in [6.07, 6.45) is 0.855. The Bertz CT molecular complexity index is 572. The highest BCUT2D eigenvalue weighted by molar-refractivity contribution is 5.69. The Balaban J connectivity index is 2.34. The maximum absolute atomic E-state index is 11.2. The quantitative estimate of drug-likeness (QED) is 0.891. The lowest BCUT2D eigenvalue weighted by Gasteiger charge is -2.29. The van der Waals surface area contributed by atoms with Crippen LogP contribution in [0.2, 0.25) is 0 Å². The lowest BCUT2D eigenvalue weighted by molar-refractivity contribution is -0.138. The van der Waals surface area contributed by atoms with Crippen LogP contribution in [0, 0.1) is 6.92 Å². The van der Waals surface area contributed by atoms with Gasteiger partial charge in [0.1, 0.15) is 0 Å². The summed E-state index contributed by atoms with van der Waals surface area (Å²) in [4.78, 5) is 11.2. The van der Waals surface area contributed by atoms with E-state index in [1.807, 2.05) is 68.4 Å². The minimum atomic E-state index is -0.760. The molecule has 0 bridgehead atoms. The summed E-state index contributed by atoms with van der Waals surface area (Å²) in [5, 5.41) is 9.24. The molecule has 0 aliphatic carbocycles. The van der Waals surface area contributed by atoms with Crippen LogP contribution >= 0.6 is 0 Å². The van der Waals surface area contributed by atoms with Gasteiger partial charge in [-0.25, -0.2) is 0 Å². The van der Waals surface area contributed by atoms with Crippen molar-refractivity contribution < 1.29 is 9.90 Å². The molecule has 0 fully saturated rings. The number of aliphatic carboxylic acids is 1. The molecule has 0 saturated heterocycles. The van der Waals surface area contributed by atoms with Crippen LogP contribution in [-0.2, 0) is 16.6 Å². The van der Waals surface area contributed by atoms with E-state index in [2.05, 4.69) is 0 Å². The predicted octanol–water partition coefficient (Wildman–Crippen LogP) is 3.97. The lowest BCUT2D eigenvalue weighted by atomic mass is 9.74. The first-order valence-electron chi connectivity index (χ1n) is 6.82. The molecule has 2 rings (SSSR count). The van der Waals surface area contributed by atoms with E-state index >= 15 is 0 Å². The van der Waals surface area contributed by atoms with Crippen LogP contribution in [0.4, 0.5) is 0 Å². The van der Waals surface area contributed by atoms with Gasteiger partial charge < -0.3 is 5.11 Å². The Labute approximate surface area is 120 Å². The Morgan fingerprint density at radius 1 is 1.05 bits per heavy atom. The minimum absolute atomic E-state index is 0.130. The first-order chi connectivity index (χ1) is 9.49. The maximum atomic E-state index is 11.2. The monoisotopic (exact) mass is 268 g/mol. The van der Waals surface area contributed by atoms with E-state index in [1.54, 1.807) is 0 Å². The van der Waals surface area contributed by atoms with E-state index < -0.39 is 5.97 Å². The van der Waals surface area contributed by atoms with Crippen LogP contribution < -0.4 is 0 Å². The van der Waals surface area contributed by atoms with Crippen molar-refractivity contribution in [2.75, 3.05) is 0 Å². The fourth-order valence-corrected chi connectivity index (χ4v) is 2.60. The number of carboxylic acid groups (broad SMARTS) is 1. The zero-order valence-corrected chi connectivity index (χ0v) is 12.0. The fourth-order valence-electron chi connectivity index (χ4n) is 2.60. The topological polar surface area (TPSA) is 37.3 Å². The summed E-state index contributed by atoms with van der Waals surface area (Å²) in [7, 11) is 0. The van der Waals surface area contributed by atoms with Crippen molar-refractivity contribution in [3.63, 3.8) is 0 Å². The first kappa shape index (κ1) is 14.3.